The number of nitriles is 1. The van der Waals surface area contributed by atoms with Gasteiger partial charge in [0.15, 0.2) is 0 Å². The summed E-state index contributed by atoms with van der Waals surface area (Å²) in [5.41, 5.74) is -3.33. The summed E-state index contributed by atoms with van der Waals surface area (Å²) in [6, 6.07) is 11.0. The number of alkyl halides is 3. The molecule has 3 aromatic rings. The van der Waals surface area contributed by atoms with Crippen molar-refractivity contribution in [1.29, 1.82) is 5.26 Å². The molecule has 0 spiro atoms. The smallest absolute Gasteiger partial charge is 0.376 e. The van der Waals surface area contributed by atoms with Crippen LogP contribution in [0.5, 0.6) is 5.75 Å². The molecule has 2 heterocycles. The number of rotatable bonds is 3. The van der Waals surface area contributed by atoms with Crippen LogP contribution in [0.15, 0.2) is 41.2 Å². The van der Waals surface area contributed by atoms with Crippen molar-refractivity contribution in [3.8, 4) is 11.8 Å². The van der Waals surface area contributed by atoms with Gasteiger partial charge in [-0.25, -0.2) is 0 Å². The molecule has 0 saturated heterocycles. The first kappa shape index (κ1) is 23.4. The lowest BCUT2D eigenvalue weighted by atomic mass is 10.0. The van der Waals surface area contributed by atoms with E-state index in [1.165, 1.54) is 17.7 Å². The van der Waals surface area contributed by atoms with Crippen molar-refractivity contribution in [3.05, 3.63) is 57.9 Å². The highest BCUT2D eigenvalue weighted by atomic mass is 32.2. The number of hydrogen-bond donors (Lipinski definition) is 0. The van der Waals surface area contributed by atoms with Crippen molar-refractivity contribution >= 4 is 38.1 Å². The minimum Gasteiger partial charge on any atom is -0.376 e. The Kier molecular flexibility index (Phi) is 5.48. The second-order valence-corrected chi connectivity index (χ2v) is 9.48. The molecule has 0 atom stereocenters. The highest BCUT2D eigenvalue weighted by molar-refractivity contribution is 7.88. The van der Waals surface area contributed by atoms with E-state index in [2.05, 4.69) is 10.3 Å². The molecule has 0 fully saturated rings. The lowest BCUT2D eigenvalue weighted by Crippen LogP contribution is -2.36. The van der Waals surface area contributed by atoms with Gasteiger partial charge in [-0.3, -0.25) is 4.79 Å². The highest BCUT2D eigenvalue weighted by Gasteiger charge is 2.48. The number of halogens is 3. The molecule has 1 aliphatic rings. The third-order valence-corrected chi connectivity index (χ3v) is 6.70. The predicted octanol–water partition coefficient (Wildman–Crippen LogP) is 3.53. The van der Waals surface area contributed by atoms with Gasteiger partial charge in [-0.15, -0.1) is 0 Å². The van der Waals surface area contributed by atoms with E-state index in [0.717, 1.165) is 11.8 Å². The first-order valence-electron chi connectivity index (χ1n) is 10.0. The van der Waals surface area contributed by atoms with Gasteiger partial charge in [0.1, 0.15) is 5.75 Å². The molecule has 0 unspecified atom stereocenters. The third-order valence-electron chi connectivity index (χ3n) is 5.72. The van der Waals surface area contributed by atoms with E-state index in [-0.39, 0.29) is 11.1 Å². The van der Waals surface area contributed by atoms with Gasteiger partial charge in [0.05, 0.1) is 34.2 Å². The Morgan fingerprint density at radius 1 is 1.03 bits per heavy atom. The molecular weight excluding hydrogens is 473 g/mol. The molecule has 2 aromatic carbocycles. The number of aryl methyl sites for hydroxylation is 2. The van der Waals surface area contributed by atoms with Crippen LogP contribution in [0, 0.1) is 18.3 Å². The van der Waals surface area contributed by atoms with Gasteiger partial charge in [0.2, 0.25) is 0 Å². The van der Waals surface area contributed by atoms with Gasteiger partial charge in [-0.2, -0.15) is 26.9 Å². The lowest BCUT2D eigenvalue weighted by molar-refractivity contribution is -0.0500. The number of likely N-dealkylation sites (N-methyl/N-ethyl adjacent to an activating group) is 1. The molecule has 1 aromatic heterocycles. The first-order valence-corrected chi connectivity index (χ1v) is 11.4. The number of fused-ring (bicyclic) bond motifs is 2. The molecule has 0 amide bonds. The molecule has 0 radical (unpaired) electrons. The molecule has 4 rings (SSSR count). The zero-order valence-electron chi connectivity index (χ0n) is 18.3. The maximum absolute atomic E-state index is 13.0. The van der Waals surface area contributed by atoms with Crippen molar-refractivity contribution in [2.24, 2.45) is 7.05 Å². The van der Waals surface area contributed by atoms with Crippen LogP contribution in [0.4, 0.5) is 30.2 Å². The molecule has 0 aliphatic carbocycles. The first-order chi connectivity index (χ1) is 15.8. The van der Waals surface area contributed by atoms with Crippen LogP contribution in [0.1, 0.15) is 11.1 Å². The molecule has 0 bridgehead atoms. The van der Waals surface area contributed by atoms with Crippen LogP contribution < -0.4 is 19.5 Å². The van der Waals surface area contributed by atoms with Crippen molar-refractivity contribution in [3.63, 3.8) is 0 Å². The topological polar surface area (TPSA) is 95.6 Å². The van der Waals surface area contributed by atoms with Crippen molar-refractivity contribution in [1.82, 2.24) is 4.57 Å². The van der Waals surface area contributed by atoms with E-state index in [1.54, 1.807) is 36.1 Å². The maximum atomic E-state index is 13.0. The quantitative estimate of drug-likeness (QED) is 0.408. The number of nitrogens with zero attached hydrogens (tertiary/aromatic N) is 4. The molecular formula is C22H19F3N4O4S. The molecule has 8 nitrogen and oxygen atoms in total. The normalized spacial score (nSPS) is 14.1. The van der Waals surface area contributed by atoms with Crippen LogP contribution in [-0.2, 0) is 17.2 Å². The van der Waals surface area contributed by atoms with Gasteiger partial charge in [-0.1, -0.05) is 0 Å². The van der Waals surface area contributed by atoms with Crippen molar-refractivity contribution < 1.29 is 25.8 Å². The van der Waals surface area contributed by atoms with Crippen molar-refractivity contribution in [2.45, 2.75) is 12.4 Å². The van der Waals surface area contributed by atoms with Gasteiger partial charge in [0.25, 0.3) is 5.56 Å². The summed E-state index contributed by atoms with van der Waals surface area (Å²) < 4.78 is 68.0. The summed E-state index contributed by atoms with van der Waals surface area (Å²) >= 11 is 0. The number of hydrogen-bond acceptors (Lipinski definition) is 7. The van der Waals surface area contributed by atoms with Crippen LogP contribution in [0.2, 0.25) is 0 Å². The Labute approximate surface area is 193 Å². The Morgan fingerprint density at radius 2 is 1.74 bits per heavy atom. The fourth-order valence-electron chi connectivity index (χ4n) is 3.99. The SMILES string of the molecule is Cc1cc2c(N3CCN(C)c4ccc(C#N)cc43)cc(OS(=O)(=O)C(F)(F)F)cc2n(C)c1=O. The Morgan fingerprint density at radius 3 is 2.38 bits per heavy atom. The summed E-state index contributed by atoms with van der Waals surface area (Å²) in [5, 5.41) is 9.88. The van der Waals surface area contributed by atoms with Crippen LogP contribution in [0.3, 0.4) is 0 Å². The highest BCUT2D eigenvalue weighted by Crippen LogP contribution is 2.42. The van der Waals surface area contributed by atoms with Crippen LogP contribution in [-0.4, -0.2) is 38.6 Å². The van der Waals surface area contributed by atoms with E-state index < -0.39 is 21.4 Å². The second kappa shape index (κ2) is 7.95. The zero-order chi connectivity index (χ0) is 25.0. The summed E-state index contributed by atoms with van der Waals surface area (Å²) in [6.07, 6.45) is 0. The Balaban J connectivity index is 2.02. The van der Waals surface area contributed by atoms with E-state index >= 15 is 0 Å². The van der Waals surface area contributed by atoms with Gasteiger partial charge >= 0.3 is 15.6 Å². The second-order valence-electron chi connectivity index (χ2n) is 7.94. The molecule has 0 saturated carbocycles. The number of pyridine rings is 1. The predicted molar refractivity (Wildman–Crippen MR) is 121 cm³/mol. The zero-order valence-corrected chi connectivity index (χ0v) is 19.2. The van der Waals surface area contributed by atoms with Gasteiger partial charge in [-0.05, 0) is 31.2 Å². The number of aromatic nitrogens is 1. The number of anilines is 3. The Hall–Kier alpha value is -3.72. The average Bonchev–Trinajstić information content (AvgIpc) is 2.77. The largest absolute Gasteiger partial charge is 0.534 e. The molecule has 0 N–H and O–H groups in total. The summed E-state index contributed by atoms with van der Waals surface area (Å²) in [7, 11) is -2.63. The molecule has 1 aliphatic heterocycles. The van der Waals surface area contributed by atoms with Crippen LogP contribution >= 0.6 is 0 Å². The lowest BCUT2D eigenvalue weighted by Gasteiger charge is -2.37. The van der Waals surface area contributed by atoms with Gasteiger partial charge in [0, 0.05) is 50.3 Å². The fraction of sp³-hybridized carbons (Fsp3) is 0.273. The van der Waals surface area contributed by atoms with Crippen LogP contribution in [0.25, 0.3) is 10.9 Å². The summed E-state index contributed by atoms with van der Waals surface area (Å²) in [4.78, 5) is 16.3. The standard InChI is InChI=1S/C22H19F3N4O4S/c1-13-8-16-18(28(3)21(13)30)10-15(33-34(31,32)22(23,24)25)11-19(16)29-7-6-27(2)17-5-4-14(12-26)9-20(17)29/h4-5,8-11H,6-7H2,1-3H3. The molecule has 12 heteroatoms. The Bertz CT molecular complexity index is 1520. The monoisotopic (exact) mass is 492 g/mol. The van der Waals surface area contributed by atoms with Crippen molar-refractivity contribution in [2.75, 3.05) is 29.9 Å². The molecule has 178 valence electrons. The van der Waals surface area contributed by atoms with E-state index in [4.69, 9.17) is 0 Å². The van der Waals surface area contributed by atoms with E-state index in [9.17, 15) is 31.6 Å². The minimum absolute atomic E-state index is 0.192. The van der Waals surface area contributed by atoms with Gasteiger partial charge < -0.3 is 18.6 Å². The van der Waals surface area contributed by atoms with E-state index in [1.807, 2.05) is 11.9 Å². The third kappa shape index (κ3) is 3.81. The number of benzene rings is 2. The summed E-state index contributed by atoms with van der Waals surface area (Å²) in [5.74, 6) is -0.587. The fourth-order valence-corrected chi connectivity index (χ4v) is 4.44. The average molecular weight is 492 g/mol. The summed E-state index contributed by atoms with van der Waals surface area (Å²) in [6.45, 7) is 2.53. The molecule has 34 heavy (non-hydrogen) atoms. The van der Waals surface area contributed by atoms with E-state index in [0.29, 0.717) is 41.0 Å². The maximum Gasteiger partial charge on any atom is 0.534 e. The minimum atomic E-state index is -5.94.